The number of thioether (sulfide) groups is 1. The third-order valence-corrected chi connectivity index (χ3v) is 4.55. The van der Waals surface area contributed by atoms with Crippen molar-refractivity contribution in [3.63, 3.8) is 0 Å². The number of benzene rings is 1. The summed E-state index contributed by atoms with van der Waals surface area (Å²) in [5.41, 5.74) is 1.29. The van der Waals surface area contributed by atoms with Gasteiger partial charge in [-0.05, 0) is 17.7 Å². The summed E-state index contributed by atoms with van der Waals surface area (Å²) in [6.45, 7) is 0.397. The molecule has 0 unspecified atom stereocenters. The van der Waals surface area contributed by atoms with Crippen molar-refractivity contribution in [2.24, 2.45) is 0 Å². The summed E-state index contributed by atoms with van der Waals surface area (Å²) in [6.07, 6.45) is 0.852. The summed E-state index contributed by atoms with van der Waals surface area (Å²) < 4.78 is 0. The molecule has 124 valence electrons. The topological polar surface area (TPSA) is 69.7 Å². The van der Waals surface area contributed by atoms with Gasteiger partial charge in [-0.1, -0.05) is 30.3 Å². The molecule has 1 aromatic rings. The number of hydrogen-bond donors (Lipinski definition) is 1. The van der Waals surface area contributed by atoms with Gasteiger partial charge in [0.2, 0.25) is 5.91 Å². The SMILES string of the molecule is CN1CC(=O)N(CC(=O)NCCCSCc2ccccc2)C1=O. The van der Waals surface area contributed by atoms with Crippen molar-refractivity contribution in [2.75, 3.05) is 32.4 Å². The average Bonchev–Trinajstić information content (AvgIpc) is 2.78. The third-order valence-electron chi connectivity index (χ3n) is 3.43. The van der Waals surface area contributed by atoms with Crippen LogP contribution in [0.25, 0.3) is 0 Å². The number of rotatable bonds is 8. The first-order chi connectivity index (χ1) is 11.1. The van der Waals surface area contributed by atoms with E-state index in [2.05, 4.69) is 17.4 Å². The van der Waals surface area contributed by atoms with Crippen molar-refractivity contribution in [1.29, 1.82) is 0 Å². The van der Waals surface area contributed by atoms with Crippen LogP contribution in [0.1, 0.15) is 12.0 Å². The molecule has 1 aliphatic rings. The standard InChI is InChI=1S/C16H21N3O3S/c1-18-11-15(21)19(16(18)22)10-14(20)17-8-5-9-23-12-13-6-3-2-4-7-13/h2-4,6-7H,5,8-12H2,1H3,(H,17,20). The first kappa shape index (κ1) is 17.3. The number of nitrogens with one attached hydrogen (secondary N) is 1. The molecule has 1 aromatic carbocycles. The molecule has 1 saturated heterocycles. The van der Waals surface area contributed by atoms with Gasteiger partial charge in [0, 0.05) is 19.3 Å². The van der Waals surface area contributed by atoms with Crippen LogP contribution < -0.4 is 5.32 Å². The van der Waals surface area contributed by atoms with Gasteiger partial charge in [-0.2, -0.15) is 11.8 Å². The lowest BCUT2D eigenvalue weighted by Gasteiger charge is -2.13. The first-order valence-corrected chi connectivity index (χ1v) is 8.67. The third kappa shape index (κ3) is 5.28. The minimum absolute atomic E-state index is 0.0439. The number of urea groups is 1. The summed E-state index contributed by atoms with van der Waals surface area (Å²) in [5.74, 6) is 1.28. The van der Waals surface area contributed by atoms with Crippen molar-refractivity contribution in [2.45, 2.75) is 12.2 Å². The highest BCUT2D eigenvalue weighted by Crippen LogP contribution is 2.12. The fraction of sp³-hybridized carbons (Fsp3) is 0.438. The van der Waals surface area contributed by atoms with Gasteiger partial charge in [-0.3, -0.25) is 14.5 Å². The number of imide groups is 1. The molecule has 4 amide bonds. The maximum Gasteiger partial charge on any atom is 0.327 e. The Morgan fingerprint density at radius 1 is 1.26 bits per heavy atom. The van der Waals surface area contributed by atoms with Crippen molar-refractivity contribution in [1.82, 2.24) is 15.1 Å². The van der Waals surface area contributed by atoms with Gasteiger partial charge in [0.05, 0.1) is 0 Å². The van der Waals surface area contributed by atoms with Gasteiger partial charge in [-0.15, -0.1) is 0 Å². The van der Waals surface area contributed by atoms with E-state index in [1.165, 1.54) is 10.5 Å². The van der Waals surface area contributed by atoms with E-state index in [-0.39, 0.29) is 24.9 Å². The lowest BCUT2D eigenvalue weighted by Crippen LogP contribution is -2.41. The van der Waals surface area contributed by atoms with Crippen LogP contribution >= 0.6 is 11.8 Å². The van der Waals surface area contributed by atoms with Crippen LogP contribution in [0.3, 0.4) is 0 Å². The van der Waals surface area contributed by atoms with E-state index in [1.54, 1.807) is 7.05 Å². The van der Waals surface area contributed by atoms with Crippen LogP contribution in [-0.4, -0.2) is 60.1 Å². The first-order valence-electron chi connectivity index (χ1n) is 7.52. The molecule has 7 heteroatoms. The second-order valence-corrected chi connectivity index (χ2v) is 6.47. The van der Waals surface area contributed by atoms with Gasteiger partial charge >= 0.3 is 6.03 Å². The van der Waals surface area contributed by atoms with Crippen LogP contribution in [0.4, 0.5) is 4.79 Å². The highest BCUT2D eigenvalue weighted by molar-refractivity contribution is 7.98. The van der Waals surface area contributed by atoms with E-state index in [4.69, 9.17) is 0 Å². The molecular weight excluding hydrogens is 314 g/mol. The largest absolute Gasteiger partial charge is 0.355 e. The number of carbonyl (C=O) groups is 3. The quantitative estimate of drug-likeness (QED) is 0.575. The van der Waals surface area contributed by atoms with E-state index in [1.807, 2.05) is 30.0 Å². The summed E-state index contributed by atoms with van der Waals surface area (Å²) >= 11 is 1.82. The number of nitrogens with zero attached hydrogens (tertiary/aromatic N) is 2. The second-order valence-electron chi connectivity index (χ2n) is 5.36. The molecule has 0 bridgehead atoms. The normalized spacial score (nSPS) is 14.5. The molecule has 0 saturated carbocycles. The Bertz CT molecular complexity index is 565. The molecule has 0 aromatic heterocycles. The molecule has 1 N–H and O–H groups in total. The Kier molecular flexibility index (Phi) is 6.46. The van der Waals surface area contributed by atoms with Gasteiger partial charge in [0.25, 0.3) is 5.91 Å². The Balaban J connectivity index is 1.57. The highest BCUT2D eigenvalue weighted by atomic mass is 32.2. The maximum absolute atomic E-state index is 11.8. The van der Waals surface area contributed by atoms with Gasteiger partial charge in [0.1, 0.15) is 13.1 Å². The Morgan fingerprint density at radius 2 is 2.00 bits per heavy atom. The molecule has 1 heterocycles. The minimum atomic E-state index is -0.413. The number of carbonyl (C=O) groups excluding carboxylic acids is 3. The fourth-order valence-electron chi connectivity index (χ4n) is 2.19. The van der Waals surface area contributed by atoms with Crippen LogP contribution in [-0.2, 0) is 15.3 Å². The highest BCUT2D eigenvalue weighted by Gasteiger charge is 2.34. The number of hydrogen-bond acceptors (Lipinski definition) is 4. The summed E-state index contributed by atoms with van der Waals surface area (Å²) in [4.78, 5) is 37.3. The molecule has 1 fully saturated rings. The summed E-state index contributed by atoms with van der Waals surface area (Å²) in [5, 5.41) is 2.75. The molecule has 23 heavy (non-hydrogen) atoms. The molecule has 0 spiro atoms. The van der Waals surface area contributed by atoms with Crippen molar-refractivity contribution < 1.29 is 14.4 Å². The van der Waals surface area contributed by atoms with E-state index in [9.17, 15) is 14.4 Å². The molecule has 6 nitrogen and oxygen atoms in total. The van der Waals surface area contributed by atoms with Gasteiger partial charge < -0.3 is 10.2 Å². The zero-order valence-corrected chi connectivity index (χ0v) is 14.0. The molecule has 2 rings (SSSR count). The van der Waals surface area contributed by atoms with Crippen molar-refractivity contribution >= 4 is 29.6 Å². The second kappa shape index (κ2) is 8.57. The number of likely N-dealkylation sites (N-methyl/N-ethyl adjacent to an activating group) is 1. The van der Waals surface area contributed by atoms with E-state index >= 15 is 0 Å². The predicted octanol–water partition coefficient (Wildman–Crippen LogP) is 1.32. The Labute approximate surface area is 140 Å². The number of amides is 4. The monoisotopic (exact) mass is 335 g/mol. The lowest BCUT2D eigenvalue weighted by molar-refractivity contribution is -0.130. The smallest absolute Gasteiger partial charge is 0.327 e. The Hall–Kier alpha value is -2.02. The lowest BCUT2D eigenvalue weighted by atomic mass is 10.2. The zero-order chi connectivity index (χ0) is 16.7. The van der Waals surface area contributed by atoms with Crippen LogP contribution in [0.5, 0.6) is 0 Å². The van der Waals surface area contributed by atoms with Crippen LogP contribution in [0.2, 0.25) is 0 Å². The Morgan fingerprint density at radius 3 is 2.65 bits per heavy atom. The van der Waals surface area contributed by atoms with Crippen molar-refractivity contribution in [3.8, 4) is 0 Å². The van der Waals surface area contributed by atoms with Crippen LogP contribution in [0.15, 0.2) is 30.3 Å². The van der Waals surface area contributed by atoms with Crippen LogP contribution in [0, 0.1) is 0 Å². The summed E-state index contributed by atoms with van der Waals surface area (Å²) in [7, 11) is 1.54. The van der Waals surface area contributed by atoms with Gasteiger partial charge in [0.15, 0.2) is 0 Å². The van der Waals surface area contributed by atoms with E-state index < -0.39 is 6.03 Å². The fourth-order valence-corrected chi connectivity index (χ4v) is 3.11. The van der Waals surface area contributed by atoms with E-state index in [0.717, 1.165) is 22.8 Å². The molecule has 0 atom stereocenters. The maximum atomic E-state index is 11.8. The molecule has 0 radical (unpaired) electrons. The molecule has 0 aliphatic carbocycles. The summed E-state index contributed by atoms with van der Waals surface area (Å²) in [6, 6.07) is 9.81. The van der Waals surface area contributed by atoms with Gasteiger partial charge in [-0.25, -0.2) is 4.79 Å². The van der Waals surface area contributed by atoms with Crippen molar-refractivity contribution in [3.05, 3.63) is 35.9 Å². The molecule has 1 aliphatic heterocycles. The minimum Gasteiger partial charge on any atom is -0.355 e. The zero-order valence-electron chi connectivity index (χ0n) is 13.2. The average molecular weight is 335 g/mol. The predicted molar refractivity (Wildman–Crippen MR) is 90.0 cm³/mol. The molecular formula is C16H21N3O3S. The van der Waals surface area contributed by atoms with E-state index in [0.29, 0.717) is 6.54 Å².